The standard InChI is InChI=1S/C20H34O/c1-14(2)9-12-21-19(6)10-11-20-13-17(19)18(4,5)16(20)8-7-15(20)3/h9,15-17H,7-8,10-13H2,1-6H3/t15-,16+,17-,19+,20+/m1/s1. The topological polar surface area (TPSA) is 9.23 Å². The van der Waals surface area contributed by atoms with Crippen LogP contribution < -0.4 is 0 Å². The van der Waals surface area contributed by atoms with Gasteiger partial charge in [0.25, 0.3) is 0 Å². The van der Waals surface area contributed by atoms with Gasteiger partial charge >= 0.3 is 0 Å². The molecule has 0 N–H and O–H groups in total. The summed E-state index contributed by atoms with van der Waals surface area (Å²) in [5.41, 5.74) is 2.54. The van der Waals surface area contributed by atoms with Crippen molar-refractivity contribution < 1.29 is 4.74 Å². The molecule has 1 nitrogen and oxygen atoms in total. The molecule has 3 fully saturated rings. The van der Waals surface area contributed by atoms with E-state index in [9.17, 15) is 0 Å². The predicted molar refractivity (Wildman–Crippen MR) is 89.2 cm³/mol. The fraction of sp³-hybridized carbons (Fsp3) is 0.900. The van der Waals surface area contributed by atoms with E-state index >= 15 is 0 Å². The van der Waals surface area contributed by atoms with Crippen molar-refractivity contribution in [2.24, 2.45) is 28.6 Å². The van der Waals surface area contributed by atoms with Crippen molar-refractivity contribution in [3.05, 3.63) is 11.6 Å². The molecule has 5 atom stereocenters. The summed E-state index contributed by atoms with van der Waals surface area (Å²) in [4.78, 5) is 0. The van der Waals surface area contributed by atoms with Gasteiger partial charge in [-0.3, -0.25) is 0 Å². The van der Waals surface area contributed by atoms with E-state index in [0.717, 1.165) is 24.4 Å². The van der Waals surface area contributed by atoms with Crippen molar-refractivity contribution in [2.75, 3.05) is 6.61 Å². The minimum Gasteiger partial charge on any atom is -0.371 e. The second-order valence-corrected chi connectivity index (χ2v) is 9.25. The van der Waals surface area contributed by atoms with E-state index in [0.29, 0.717) is 10.8 Å². The zero-order valence-corrected chi connectivity index (χ0v) is 15.0. The van der Waals surface area contributed by atoms with Crippen LogP contribution in [0.1, 0.15) is 73.6 Å². The summed E-state index contributed by atoms with van der Waals surface area (Å²) in [6, 6.07) is 0. The predicted octanol–water partition coefficient (Wildman–Crippen LogP) is 5.60. The molecule has 0 radical (unpaired) electrons. The Morgan fingerprint density at radius 3 is 2.48 bits per heavy atom. The number of hydrogen-bond acceptors (Lipinski definition) is 1. The average Bonchev–Trinajstić information content (AvgIpc) is 2.80. The van der Waals surface area contributed by atoms with E-state index < -0.39 is 0 Å². The molecule has 0 aromatic carbocycles. The number of ether oxygens (including phenoxy) is 1. The Balaban J connectivity index is 1.85. The van der Waals surface area contributed by atoms with Crippen molar-refractivity contribution in [3.63, 3.8) is 0 Å². The van der Waals surface area contributed by atoms with Gasteiger partial charge in [0.15, 0.2) is 0 Å². The SMILES string of the molecule is CC(C)=CCO[C@@]1(C)CC[C@@]23C[C@@H]1C(C)(C)[C@@H]2CC[C@H]3C. The lowest BCUT2D eigenvalue weighted by molar-refractivity contribution is -0.114. The molecule has 0 aromatic rings. The summed E-state index contributed by atoms with van der Waals surface area (Å²) < 4.78 is 6.47. The molecule has 3 aliphatic rings. The highest BCUT2D eigenvalue weighted by Gasteiger charge is 2.68. The molecule has 0 heterocycles. The van der Waals surface area contributed by atoms with Crippen molar-refractivity contribution >= 4 is 0 Å². The van der Waals surface area contributed by atoms with Crippen LogP contribution in [-0.4, -0.2) is 12.2 Å². The Morgan fingerprint density at radius 2 is 1.81 bits per heavy atom. The lowest BCUT2D eigenvalue weighted by Gasteiger charge is -2.47. The third-order valence-corrected chi connectivity index (χ3v) is 7.67. The highest BCUT2D eigenvalue weighted by Crippen LogP contribution is 2.73. The van der Waals surface area contributed by atoms with Gasteiger partial charge < -0.3 is 4.74 Å². The molecule has 2 bridgehead atoms. The Labute approximate surface area is 131 Å². The number of fused-ring (bicyclic) bond motifs is 1. The minimum absolute atomic E-state index is 0.0881. The normalized spacial score (nSPS) is 47.2. The molecule has 21 heavy (non-hydrogen) atoms. The van der Waals surface area contributed by atoms with Gasteiger partial charge in [-0.2, -0.15) is 0 Å². The Hall–Kier alpha value is -0.300. The molecule has 1 heteroatoms. The quantitative estimate of drug-likeness (QED) is 0.615. The monoisotopic (exact) mass is 290 g/mol. The van der Waals surface area contributed by atoms with Gasteiger partial charge in [-0.1, -0.05) is 32.4 Å². The van der Waals surface area contributed by atoms with E-state index in [4.69, 9.17) is 4.74 Å². The molecular formula is C20H34O. The minimum atomic E-state index is 0.0881. The van der Waals surface area contributed by atoms with Crippen LogP contribution in [0.2, 0.25) is 0 Å². The summed E-state index contributed by atoms with van der Waals surface area (Å²) in [5.74, 6) is 2.59. The molecule has 0 unspecified atom stereocenters. The third-order valence-electron chi connectivity index (χ3n) is 7.67. The molecule has 0 aliphatic heterocycles. The Kier molecular flexibility index (Phi) is 3.60. The maximum atomic E-state index is 6.47. The van der Waals surface area contributed by atoms with E-state index in [1.807, 2.05) is 0 Å². The van der Waals surface area contributed by atoms with E-state index in [1.54, 1.807) is 0 Å². The van der Waals surface area contributed by atoms with Crippen LogP contribution in [0.25, 0.3) is 0 Å². The highest BCUT2D eigenvalue weighted by atomic mass is 16.5. The molecule has 0 saturated heterocycles. The zero-order chi connectivity index (χ0) is 15.5. The maximum Gasteiger partial charge on any atom is 0.0692 e. The summed E-state index contributed by atoms with van der Waals surface area (Å²) in [6.07, 6.45) is 9.21. The van der Waals surface area contributed by atoms with Crippen LogP contribution in [0, 0.1) is 28.6 Å². The maximum absolute atomic E-state index is 6.47. The largest absolute Gasteiger partial charge is 0.371 e. The van der Waals surface area contributed by atoms with Crippen LogP contribution >= 0.6 is 0 Å². The lowest BCUT2D eigenvalue weighted by Crippen LogP contribution is -2.46. The van der Waals surface area contributed by atoms with Crippen LogP contribution in [0.5, 0.6) is 0 Å². The Morgan fingerprint density at radius 1 is 1.10 bits per heavy atom. The summed E-state index contributed by atoms with van der Waals surface area (Å²) in [6.45, 7) is 15.1. The van der Waals surface area contributed by atoms with Crippen molar-refractivity contribution in [1.29, 1.82) is 0 Å². The van der Waals surface area contributed by atoms with E-state index in [-0.39, 0.29) is 5.60 Å². The van der Waals surface area contributed by atoms with E-state index in [1.165, 1.54) is 37.7 Å². The van der Waals surface area contributed by atoms with Crippen LogP contribution in [0.15, 0.2) is 11.6 Å². The average molecular weight is 290 g/mol. The first-order chi connectivity index (χ1) is 9.72. The number of hydrogen-bond donors (Lipinski definition) is 0. The van der Waals surface area contributed by atoms with Gasteiger partial charge in [0.2, 0.25) is 0 Å². The molecule has 3 rings (SSSR count). The Bertz CT molecular complexity index is 445. The first-order valence-electron chi connectivity index (χ1n) is 9.00. The first kappa shape index (κ1) is 15.6. The number of allylic oxidation sites excluding steroid dienone is 1. The van der Waals surface area contributed by atoms with Crippen LogP contribution in [0.4, 0.5) is 0 Å². The molecule has 1 spiro atoms. The van der Waals surface area contributed by atoms with Crippen LogP contribution in [-0.2, 0) is 4.74 Å². The summed E-state index contributed by atoms with van der Waals surface area (Å²) >= 11 is 0. The molecular weight excluding hydrogens is 256 g/mol. The van der Waals surface area contributed by atoms with Gasteiger partial charge in [0.05, 0.1) is 12.2 Å². The van der Waals surface area contributed by atoms with Crippen molar-refractivity contribution in [2.45, 2.75) is 79.2 Å². The van der Waals surface area contributed by atoms with Crippen LogP contribution in [0.3, 0.4) is 0 Å². The van der Waals surface area contributed by atoms with E-state index in [2.05, 4.69) is 47.6 Å². The summed E-state index contributed by atoms with van der Waals surface area (Å²) in [5, 5.41) is 0. The summed E-state index contributed by atoms with van der Waals surface area (Å²) in [7, 11) is 0. The van der Waals surface area contributed by atoms with Gasteiger partial charge in [-0.05, 0) is 81.5 Å². The molecule has 120 valence electrons. The third kappa shape index (κ3) is 2.14. The van der Waals surface area contributed by atoms with Gasteiger partial charge in [-0.15, -0.1) is 0 Å². The lowest BCUT2D eigenvalue weighted by atomic mass is 9.64. The highest BCUT2D eigenvalue weighted by molar-refractivity contribution is 5.17. The molecule has 0 aromatic heterocycles. The number of rotatable bonds is 3. The van der Waals surface area contributed by atoms with Gasteiger partial charge in [0.1, 0.15) is 0 Å². The van der Waals surface area contributed by atoms with Crippen molar-refractivity contribution in [3.8, 4) is 0 Å². The second kappa shape index (κ2) is 4.85. The smallest absolute Gasteiger partial charge is 0.0692 e. The van der Waals surface area contributed by atoms with Crippen molar-refractivity contribution in [1.82, 2.24) is 0 Å². The molecule has 3 saturated carbocycles. The van der Waals surface area contributed by atoms with Gasteiger partial charge in [0, 0.05) is 0 Å². The molecule has 0 amide bonds. The van der Waals surface area contributed by atoms with Gasteiger partial charge in [-0.25, -0.2) is 0 Å². The molecule has 3 aliphatic carbocycles. The first-order valence-corrected chi connectivity index (χ1v) is 9.00. The fourth-order valence-electron chi connectivity index (χ4n) is 6.43. The fourth-order valence-corrected chi connectivity index (χ4v) is 6.43. The zero-order valence-electron chi connectivity index (χ0n) is 15.0. The second-order valence-electron chi connectivity index (χ2n) is 9.25.